The zero-order valence-corrected chi connectivity index (χ0v) is 15.0. The van der Waals surface area contributed by atoms with E-state index in [-0.39, 0.29) is 16.9 Å². The van der Waals surface area contributed by atoms with Gasteiger partial charge in [-0.3, -0.25) is 4.79 Å². The van der Waals surface area contributed by atoms with Crippen molar-refractivity contribution >= 4 is 28.9 Å². The number of pyridine rings is 2. The molecule has 3 N–H and O–H groups in total. The van der Waals surface area contributed by atoms with Crippen LogP contribution in [0.25, 0.3) is 0 Å². The van der Waals surface area contributed by atoms with E-state index in [1.165, 1.54) is 19.3 Å². The quantitative estimate of drug-likeness (QED) is 0.576. The number of carbonyl (C=O) groups is 1. The van der Waals surface area contributed by atoms with Gasteiger partial charge in [-0.2, -0.15) is 0 Å². The number of nitrogens with zero attached hydrogens (tertiary/aromatic N) is 2. The minimum atomic E-state index is -1.57. The Morgan fingerprint density at radius 2 is 1.61 bits per heavy atom. The summed E-state index contributed by atoms with van der Waals surface area (Å²) in [5.41, 5.74) is 1.27. The van der Waals surface area contributed by atoms with Crippen molar-refractivity contribution < 1.29 is 18.0 Å². The van der Waals surface area contributed by atoms with Gasteiger partial charge in [-0.15, -0.1) is 0 Å². The number of hydrogen-bond acceptors (Lipinski definition) is 5. The summed E-state index contributed by atoms with van der Waals surface area (Å²) in [6.45, 7) is 1.90. The molecule has 1 amide bonds. The number of anilines is 4. The van der Waals surface area contributed by atoms with E-state index in [9.17, 15) is 18.0 Å². The second-order valence-electron chi connectivity index (χ2n) is 5.92. The fourth-order valence-corrected chi connectivity index (χ4v) is 2.40. The van der Waals surface area contributed by atoms with Crippen molar-refractivity contribution in [2.24, 2.45) is 0 Å². The van der Waals surface area contributed by atoms with Crippen LogP contribution in [-0.2, 0) is 0 Å². The maximum Gasteiger partial charge on any atom is 0.254 e. The van der Waals surface area contributed by atoms with Gasteiger partial charge in [0.1, 0.15) is 11.6 Å². The number of hydrogen-bond donors (Lipinski definition) is 3. The molecule has 144 valence electrons. The Bertz CT molecular complexity index is 1000. The van der Waals surface area contributed by atoms with Crippen molar-refractivity contribution in [3.63, 3.8) is 0 Å². The van der Waals surface area contributed by atoms with E-state index >= 15 is 0 Å². The standard InChI is InChI=1S/C19H16F3N5O/c1-10-3-4-16(24-8-10)27-17-7-15(12(9-25-17)19(28)23-2)26-11-5-13(20)18(22)14(21)6-11/h3-9H,1-2H3,(H,23,28)(H2,24,25,26,27). The predicted molar refractivity (Wildman–Crippen MR) is 99.5 cm³/mol. The third-order valence-electron chi connectivity index (χ3n) is 3.81. The van der Waals surface area contributed by atoms with E-state index < -0.39 is 23.4 Å². The molecule has 9 heteroatoms. The Balaban J connectivity index is 1.96. The van der Waals surface area contributed by atoms with Crippen LogP contribution in [0.3, 0.4) is 0 Å². The van der Waals surface area contributed by atoms with Crippen molar-refractivity contribution in [3.8, 4) is 0 Å². The van der Waals surface area contributed by atoms with Crippen molar-refractivity contribution in [1.29, 1.82) is 0 Å². The summed E-state index contributed by atoms with van der Waals surface area (Å²) in [6, 6.07) is 6.67. The molecule has 0 aliphatic heterocycles. The molecule has 0 spiro atoms. The molecule has 0 unspecified atom stereocenters. The van der Waals surface area contributed by atoms with E-state index in [1.807, 2.05) is 13.0 Å². The summed E-state index contributed by atoms with van der Waals surface area (Å²) in [7, 11) is 1.44. The fourth-order valence-electron chi connectivity index (χ4n) is 2.40. The Morgan fingerprint density at radius 1 is 0.929 bits per heavy atom. The van der Waals surface area contributed by atoms with Crippen molar-refractivity contribution in [2.75, 3.05) is 17.7 Å². The van der Waals surface area contributed by atoms with Crippen LogP contribution in [0, 0.1) is 24.4 Å². The zero-order valence-electron chi connectivity index (χ0n) is 15.0. The van der Waals surface area contributed by atoms with Gasteiger partial charge in [0.25, 0.3) is 5.91 Å². The molecule has 2 heterocycles. The third kappa shape index (κ3) is 4.20. The van der Waals surface area contributed by atoms with E-state index in [0.717, 1.165) is 17.7 Å². The first-order chi connectivity index (χ1) is 13.4. The van der Waals surface area contributed by atoms with Gasteiger partial charge < -0.3 is 16.0 Å². The third-order valence-corrected chi connectivity index (χ3v) is 3.81. The van der Waals surface area contributed by atoms with Crippen LogP contribution < -0.4 is 16.0 Å². The lowest BCUT2D eigenvalue weighted by molar-refractivity contribution is 0.0963. The van der Waals surface area contributed by atoms with Gasteiger partial charge in [0.05, 0.1) is 11.3 Å². The number of amides is 1. The molecule has 0 atom stereocenters. The summed E-state index contributed by atoms with van der Waals surface area (Å²) in [5.74, 6) is -3.86. The van der Waals surface area contributed by atoms with E-state index in [2.05, 4.69) is 25.9 Å². The van der Waals surface area contributed by atoms with Gasteiger partial charge in [0.2, 0.25) is 0 Å². The first-order valence-corrected chi connectivity index (χ1v) is 8.20. The van der Waals surface area contributed by atoms with E-state index in [4.69, 9.17) is 0 Å². The fraction of sp³-hybridized carbons (Fsp3) is 0.105. The number of benzene rings is 1. The molecule has 0 saturated carbocycles. The number of carbonyl (C=O) groups excluding carboxylic acids is 1. The number of nitrogens with one attached hydrogen (secondary N) is 3. The number of aryl methyl sites for hydroxylation is 1. The monoisotopic (exact) mass is 387 g/mol. The van der Waals surface area contributed by atoms with Gasteiger partial charge in [0.15, 0.2) is 17.5 Å². The van der Waals surface area contributed by atoms with Gasteiger partial charge in [-0.1, -0.05) is 6.07 Å². The predicted octanol–water partition coefficient (Wildman–Crippen LogP) is 4.05. The highest BCUT2D eigenvalue weighted by Crippen LogP contribution is 2.26. The lowest BCUT2D eigenvalue weighted by atomic mass is 10.2. The molecule has 3 rings (SSSR count). The largest absolute Gasteiger partial charge is 0.355 e. The van der Waals surface area contributed by atoms with Crippen molar-refractivity contribution in [1.82, 2.24) is 15.3 Å². The molecule has 28 heavy (non-hydrogen) atoms. The molecule has 0 radical (unpaired) electrons. The average molecular weight is 387 g/mol. The van der Waals surface area contributed by atoms with E-state index in [1.54, 1.807) is 12.3 Å². The first kappa shape index (κ1) is 19.2. The molecule has 0 saturated heterocycles. The van der Waals surface area contributed by atoms with Crippen LogP contribution in [0.4, 0.5) is 36.2 Å². The second-order valence-corrected chi connectivity index (χ2v) is 5.92. The maximum absolute atomic E-state index is 13.5. The van der Waals surface area contributed by atoms with Crippen LogP contribution in [-0.4, -0.2) is 22.9 Å². The molecule has 0 bridgehead atoms. The molecular formula is C19H16F3N5O. The Hall–Kier alpha value is -3.62. The van der Waals surface area contributed by atoms with Crippen LogP contribution in [0.1, 0.15) is 15.9 Å². The molecule has 0 fully saturated rings. The van der Waals surface area contributed by atoms with Gasteiger partial charge in [0, 0.05) is 43.3 Å². The minimum Gasteiger partial charge on any atom is -0.355 e. The Morgan fingerprint density at radius 3 is 2.21 bits per heavy atom. The van der Waals surface area contributed by atoms with Crippen molar-refractivity contribution in [2.45, 2.75) is 6.92 Å². The summed E-state index contributed by atoms with van der Waals surface area (Å²) in [6.07, 6.45) is 2.97. The summed E-state index contributed by atoms with van der Waals surface area (Å²) in [4.78, 5) is 20.4. The topological polar surface area (TPSA) is 78.9 Å². The maximum atomic E-state index is 13.5. The first-order valence-electron chi connectivity index (χ1n) is 8.20. The highest BCUT2D eigenvalue weighted by molar-refractivity contribution is 6.00. The zero-order chi connectivity index (χ0) is 20.3. The highest BCUT2D eigenvalue weighted by Gasteiger charge is 2.15. The van der Waals surface area contributed by atoms with Gasteiger partial charge >= 0.3 is 0 Å². The normalized spacial score (nSPS) is 10.5. The minimum absolute atomic E-state index is 0.0628. The lowest BCUT2D eigenvalue weighted by Crippen LogP contribution is -2.19. The van der Waals surface area contributed by atoms with Gasteiger partial charge in [-0.05, 0) is 18.6 Å². The van der Waals surface area contributed by atoms with Crippen molar-refractivity contribution in [3.05, 3.63) is 71.3 Å². The number of halogens is 3. The second kappa shape index (κ2) is 7.95. The smallest absolute Gasteiger partial charge is 0.254 e. The SMILES string of the molecule is CNC(=O)c1cnc(Nc2ccc(C)cn2)cc1Nc1cc(F)c(F)c(F)c1. The summed E-state index contributed by atoms with van der Waals surface area (Å²) >= 11 is 0. The van der Waals surface area contributed by atoms with Gasteiger partial charge in [-0.25, -0.2) is 23.1 Å². The van der Waals surface area contributed by atoms with Crippen LogP contribution in [0.15, 0.2) is 42.7 Å². The summed E-state index contributed by atoms with van der Waals surface area (Å²) < 4.78 is 40.2. The number of aromatic nitrogens is 2. The molecule has 0 aliphatic rings. The highest BCUT2D eigenvalue weighted by atomic mass is 19.2. The summed E-state index contributed by atoms with van der Waals surface area (Å²) in [5, 5.41) is 8.15. The molecule has 3 aromatic rings. The molecule has 6 nitrogen and oxygen atoms in total. The van der Waals surface area contributed by atoms with Crippen LogP contribution in [0.2, 0.25) is 0 Å². The van der Waals surface area contributed by atoms with Crippen LogP contribution in [0.5, 0.6) is 0 Å². The van der Waals surface area contributed by atoms with E-state index in [0.29, 0.717) is 11.6 Å². The molecule has 0 aliphatic carbocycles. The van der Waals surface area contributed by atoms with Crippen LogP contribution >= 0.6 is 0 Å². The Kier molecular flexibility index (Phi) is 5.44. The molecule has 2 aromatic heterocycles. The number of rotatable bonds is 5. The lowest BCUT2D eigenvalue weighted by Gasteiger charge is -2.14. The Labute approximate surface area is 158 Å². The molecular weight excluding hydrogens is 371 g/mol. The molecule has 1 aromatic carbocycles. The average Bonchev–Trinajstić information content (AvgIpc) is 2.67.